The van der Waals surface area contributed by atoms with Crippen molar-refractivity contribution in [2.24, 2.45) is 0 Å². The minimum absolute atomic E-state index is 0.345. The lowest BCUT2D eigenvalue weighted by Gasteiger charge is -1.96. The Bertz CT molecular complexity index is 281. The van der Waals surface area contributed by atoms with Crippen molar-refractivity contribution in [2.75, 3.05) is 5.33 Å². The first-order valence-electron chi connectivity index (χ1n) is 4.35. The highest BCUT2D eigenvalue weighted by atomic mass is 79.9. The molecule has 0 aliphatic heterocycles. The first-order valence-corrected chi connectivity index (χ1v) is 5.47. The van der Waals surface area contributed by atoms with Crippen molar-refractivity contribution in [3.05, 3.63) is 35.9 Å². The van der Waals surface area contributed by atoms with Crippen LogP contribution in [0, 0.1) is 0 Å². The molecule has 1 rings (SSSR count). The van der Waals surface area contributed by atoms with E-state index >= 15 is 0 Å². The number of hydrogen-bond acceptors (Lipinski definition) is 1. The number of phenolic OH excluding ortho intramolecular Hbond substituents is 1. The number of allylic oxidation sites excluding steroid dienone is 1. The summed E-state index contributed by atoms with van der Waals surface area (Å²) in [6, 6.07) is 7.35. The predicted molar refractivity (Wildman–Crippen MR) is 60.2 cm³/mol. The maximum atomic E-state index is 9.41. The van der Waals surface area contributed by atoms with Gasteiger partial charge in [-0.2, -0.15) is 0 Å². The predicted octanol–water partition coefficient (Wildman–Crippen LogP) is 3.58. The summed E-state index contributed by atoms with van der Waals surface area (Å²) < 4.78 is 0. The fourth-order valence-corrected chi connectivity index (χ4v) is 1.36. The summed E-state index contributed by atoms with van der Waals surface area (Å²) in [6.45, 7) is 0. The molecule has 0 atom stereocenters. The molecule has 2 heteroatoms. The van der Waals surface area contributed by atoms with E-state index in [2.05, 4.69) is 22.0 Å². The third-order valence-corrected chi connectivity index (χ3v) is 2.30. The van der Waals surface area contributed by atoms with Gasteiger partial charge in [-0.3, -0.25) is 0 Å². The number of para-hydroxylation sites is 1. The van der Waals surface area contributed by atoms with E-state index in [4.69, 9.17) is 0 Å². The minimum atomic E-state index is 0.345. The highest BCUT2D eigenvalue weighted by molar-refractivity contribution is 9.09. The second-order valence-corrected chi connectivity index (χ2v) is 3.59. The van der Waals surface area contributed by atoms with Crippen LogP contribution in [0.1, 0.15) is 18.4 Å². The van der Waals surface area contributed by atoms with Gasteiger partial charge >= 0.3 is 0 Å². The van der Waals surface area contributed by atoms with Crippen LogP contribution in [0.3, 0.4) is 0 Å². The summed E-state index contributed by atoms with van der Waals surface area (Å²) in [5, 5.41) is 10.4. The van der Waals surface area contributed by atoms with Crippen molar-refractivity contribution < 1.29 is 5.11 Å². The Morgan fingerprint density at radius 3 is 2.77 bits per heavy atom. The first-order chi connectivity index (χ1) is 6.34. The van der Waals surface area contributed by atoms with Crippen LogP contribution in [0.4, 0.5) is 0 Å². The number of benzene rings is 1. The van der Waals surface area contributed by atoms with Gasteiger partial charge in [-0.15, -0.1) is 0 Å². The topological polar surface area (TPSA) is 20.2 Å². The number of aromatic hydroxyl groups is 1. The lowest BCUT2D eigenvalue weighted by Crippen LogP contribution is -1.74. The molecule has 1 aromatic rings. The fourth-order valence-electron chi connectivity index (χ4n) is 1.03. The van der Waals surface area contributed by atoms with Crippen LogP contribution in [-0.2, 0) is 0 Å². The van der Waals surface area contributed by atoms with Crippen LogP contribution >= 0.6 is 15.9 Å². The second-order valence-electron chi connectivity index (χ2n) is 2.79. The molecular formula is C11H13BrO. The molecule has 0 aliphatic carbocycles. The summed E-state index contributed by atoms with van der Waals surface area (Å²) >= 11 is 3.37. The summed E-state index contributed by atoms with van der Waals surface area (Å²) in [6.07, 6.45) is 6.21. The molecule has 70 valence electrons. The number of hydrogen-bond donors (Lipinski definition) is 1. The Labute approximate surface area is 87.2 Å². The van der Waals surface area contributed by atoms with E-state index < -0.39 is 0 Å². The van der Waals surface area contributed by atoms with E-state index in [9.17, 15) is 5.11 Å². The number of phenols is 1. The summed E-state index contributed by atoms with van der Waals surface area (Å²) in [4.78, 5) is 0. The lowest BCUT2D eigenvalue weighted by molar-refractivity contribution is 0.474. The van der Waals surface area contributed by atoms with Crippen molar-refractivity contribution in [3.8, 4) is 5.75 Å². The highest BCUT2D eigenvalue weighted by Crippen LogP contribution is 2.17. The minimum Gasteiger partial charge on any atom is -0.507 e. The average molecular weight is 241 g/mol. The van der Waals surface area contributed by atoms with Crippen LogP contribution < -0.4 is 0 Å². The van der Waals surface area contributed by atoms with Gasteiger partial charge in [0.25, 0.3) is 0 Å². The Morgan fingerprint density at radius 1 is 1.31 bits per heavy atom. The van der Waals surface area contributed by atoms with Crippen molar-refractivity contribution in [1.82, 2.24) is 0 Å². The van der Waals surface area contributed by atoms with Crippen LogP contribution in [0.15, 0.2) is 30.3 Å². The first kappa shape index (κ1) is 10.3. The monoisotopic (exact) mass is 240 g/mol. The van der Waals surface area contributed by atoms with Gasteiger partial charge in [0.1, 0.15) is 5.75 Å². The molecule has 0 fully saturated rings. The summed E-state index contributed by atoms with van der Waals surface area (Å²) in [5.74, 6) is 0.345. The molecule has 0 amide bonds. The van der Waals surface area contributed by atoms with E-state index in [1.54, 1.807) is 6.07 Å². The molecule has 1 aromatic carbocycles. The van der Waals surface area contributed by atoms with Crippen molar-refractivity contribution in [2.45, 2.75) is 12.8 Å². The van der Waals surface area contributed by atoms with Gasteiger partial charge in [-0.1, -0.05) is 46.3 Å². The van der Waals surface area contributed by atoms with Gasteiger partial charge in [-0.05, 0) is 18.9 Å². The van der Waals surface area contributed by atoms with E-state index in [0.29, 0.717) is 5.75 Å². The lowest BCUT2D eigenvalue weighted by atomic mass is 10.1. The van der Waals surface area contributed by atoms with Gasteiger partial charge in [0.2, 0.25) is 0 Å². The molecule has 0 unspecified atom stereocenters. The smallest absolute Gasteiger partial charge is 0.122 e. The van der Waals surface area contributed by atoms with E-state index in [1.807, 2.05) is 24.3 Å². The maximum Gasteiger partial charge on any atom is 0.122 e. The summed E-state index contributed by atoms with van der Waals surface area (Å²) in [7, 11) is 0. The molecule has 0 aromatic heterocycles. The standard InChI is InChI=1S/C11H13BrO/c12-9-5-1-2-6-10-7-3-4-8-11(10)13/h2-4,6-8,13H,1,5,9H2. The molecule has 1 N–H and O–H groups in total. The van der Waals surface area contributed by atoms with Crippen molar-refractivity contribution in [1.29, 1.82) is 0 Å². The van der Waals surface area contributed by atoms with Crippen LogP contribution in [0.2, 0.25) is 0 Å². The Morgan fingerprint density at radius 2 is 2.08 bits per heavy atom. The molecule has 13 heavy (non-hydrogen) atoms. The van der Waals surface area contributed by atoms with Crippen molar-refractivity contribution in [3.63, 3.8) is 0 Å². The van der Waals surface area contributed by atoms with E-state index in [1.165, 1.54) is 0 Å². The van der Waals surface area contributed by atoms with Crippen LogP contribution in [0.5, 0.6) is 5.75 Å². The fraction of sp³-hybridized carbons (Fsp3) is 0.273. The molecule has 0 aliphatic rings. The van der Waals surface area contributed by atoms with Gasteiger partial charge in [-0.25, -0.2) is 0 Å². The zero-order chi connectivity index (χ0) is 9.52. The van der Waals surface area contributed by atoms with Gasteiger partial charge in [0, 0.05) is 10.9 Å². The number of halogens is 1. The van der Waals surface area contributed by atoms with Crippen LogP contribution in [0.25, 0.3) is 6.08 Å². The number of unbranched alkanes of at least 4 members (excludes halogenated alkanes) is 1. The molecule has 0 bridgehead atoms. The van der Waals surface area contributed by atoms with E-state index in [0.717, 1.165) is 23.7 Å². The number of alkyl halides is 1. The molecule has 0 heterocycles. The quantitative estimate of drug-likeness (QED) is 0.631. The molecular weight excluding hydrogens is 228 g/mol. The Hall–Kier alpha value is -0.760. The zero-order valence-electron chi connectivity index (χ0n) is 7.41. The second kappa shape index (κ2) is 5.81. The molecule has 0 radical (unpaired) electrons. The van der Waals surface area contributed by atoms with Crippen LogP contribution in [-0.4, -0.2) is 10.4 Å². The van der Waals surface area contributed by atoms with E-state index in [-0.39, 0.29) is 0 Å². The zero-order valence-corrected chi connectivity index (χ0v) is 9.00. The normalized spacial score (nSPS) is 10.8. The number of rotatable bonds is 4. The highest BCUT2D eigenvalue weighted by Gasteiger charge is 1.92. The Kier molecular flexibility index (Phi) is 4.61. The Balaban J connectivity index is 2.53. The van der Waals surface area contributed by atoms with Gasteiger partial charge < -0.3 is 5.11 Å². The SMILES string of the molecule is Oc1ccccc1C=CCCCBr. The third-order valence-electron chi connectivity index (χ3n) is 1.74. The molecule has 0 spiro atoms. The third kappa shape index (κ3) is 3.64. The maximum absolute atomic E-state index is 9.41. The summed E-state index contributed by atoms with van der Waals surface area (Å²) in [5.41, 5.74) is 0.886. The van der Waals surface area contributed by atoms with Crippen molar-refractivity contribution >= 4 is 22.0 Å². The van der Waals surface area contributed by atoms with Gasteiger partial charge in [0.05, 0.1) is 0 Å². The average Bonchev–Trinajstić information content (AvgIpc) is 2.15. The largest absolute Gasteiger partial charge is 0.507 e. The molecule has 1 nitrogen and oxygen atoms in total. The molecule has 0 saturated carbocycles. The molecule has 0 saturated heterocycles. The van der Waals surface area contributed by atoms with Gasteiger partial charge in [0.15, 0.2) is 0 Å².